The van der Waals surface area contributed by atoms with Crippen LogP contribution in [-0.4, -0.2) is 25.0 Å². The molecule has 0 aliphatic rings. The van der Waals surface area contributed by atoms with E-state index < -0.39 is 0 Å². The zero-order chi connectivity index (χ0) is 14.1. The molecule has 0 saturated carbocycles. The van der Waals surface area contributed by atoms with Crippen LogP contribution < -0.4 is 11.1 Å². The van der Waals surface area contributed by atoms with Crippen LogP contribution in [-0.2, 0) is 0 Å². The molecule has 9 heteroatoms. The molecule has 0 fully saturated rings. The third kappa shape index (κ3) is 2.40. The van der Waals surface area contributed by atoms with Gasteiger partial charge in [-0.1, -0.05) is 23.2 Å². The molecule has 3 rings (SSSR count). The molecule has 7 nitrogen and oxygen atoms in total. The molecular formula is C11H9Cl2N7. The van der Waals surface area contributed by atoms with E-state index in [0.717, 1.165) is 0 Å². The van der Waals surface area contributed by atoms with Gasteiger partial charge in [-0.05, 0) is 18.2 Å². The first-order valence-corrected chi connectivity index (χ1v) is 6.33. The number of nitrogens with two attached hydrogens (primary N) is 1. The summed E-state index contributed by atoms with van der Waals surface area (Å²) < 4.78 is 1.60. The van der Waals surface area contributed by atoms with Gasteiger partial charge in [0, 0.05) is 18.1 Å². The number of anilines is 3. The van der Waals surface area contributed by atoms with Gasteiger partial charge in [0.05, 0.1) is 10.0 Å². The molecule has 0 aliphatic heterocycles. The summed E-state index contributed by atoms with van der Waals surface area (Å²) in [6, 6.07) is 5.20. The number of rotatable bonds is 3. The fourth-order valence-electron chi connectivity index (χ4n) is 1.72. The van der Waals surface area contributed by atoms with Gasteiger partial charge in [-0.2, -0.15) is 10.1 Å². The van der Waals surface area contributed by atoms with Gasteiger partial charge in [-0.15, -0.1) is 5.10 Å². The first kappa shape index (κ1) is 12.8. The molecule has 20 heavy (non-hydrogen) atoms. The van der Waals surface area contributed by atoms with Gasteiger partial charge in [-0.25, -0.2) is 9.78 Å². The molecule has 102 valence electrons. The minimum atomic E-state index is 0.220. The van der Waals surface area contributed by atoms with Crippen molar-refractivity contribution in [1.82, 2.24) is 25.0 Å². The topological polar surface area (TPSA) is 97.4 Å². The maximum Gasteiger partial charge on any atom is 0.248 e. The van der Waals surface area contributed by atoms with E-state index in [0.29, 0.717) is 27.4 Å². The smallest absolute Gasteiger partial charge is 0.248 e. The first-order chi connectivity index (χ1) is 9.63. The standard InChI is InChI=1S/C11H9Cl2N7/c12-7-4-6(16-11-17-10(14)18-19-11)5-8(13)9(7)20-3-1-2-15-20/h1-5H,(H4,14,16,17,18,19). The van der Waals surface area contributed by atoms with Crippen LogP contribution in [0.5, 0.6) is 0 Å². The van der Waals surface area contributed by atoms with Crippen molar-refractivity contribution in [2.24, 2.45) is 0 Å². The highest BCUT2D eigenvalue weighted by Crippen LogP contribution is 2.32. The maximum absolute atomic E-state index is 6.24. The van der Waals surface area contributed by atoms with Crippen LogP contribution >= 0.6 is 23.2 Å². The van der Waals surface area contributed by atoms with Crippen molar-refractivity contribution >= 4 is 40.8 Å². The summed E-state index contributed by atoms with van der Waals surface area (Å²) in [5.74, 6) is 0.555. The first-order valence-electron chi connectivity index (χ1n) is 5.57. The van der Waals surface area contributed by atoms with Crippen molar-refractivity contribution in [3.8, 4) is 5.69 Å². The van der Waals surface area contributed by atoms with E-state index in [2.05, 4.69) is 25.6 Å². The Bertz CT molecular complexity index is 712. The molecule has 4 N–H and O–H groups in total. The number of halogens is 2. The van der Waals surface area contributed by atoms with Crippen LogP contribution in [0.4, 0.5) is 17.6 Å². The molecule has 0 bridgehead atoms. The molecule has 2 aromatic heterocycles. The van der Waals surface area contributed by atoms with Crippen LogP contribution in [0.3, 0.4) is 0 Å². The Labute approximate surface area is 123 Å². The summed E-state index contributed by atoms with van der Waals surface area (Å²) in [6.07, 6.45) is 3.41. The molecule has 0 saturated heterocycles. The van der Waals surface area contributed by atoms with Crippen LogP contribution in [0.25, 0.3) is 5.69 Å². The van der Waals surface area contributed by atoms with Gasteiger partial charge in [0.25, 0.3) is 0 Å². The average molecular weight is 310 g/mol. The highest BCUT2D eigenvalue weighted by Gasteiger charge is 2.11. The van der Waals surface area contributed by atoms with Crippen LogP contribution in [0, 0.1) is 0 Å². The summed E-state index contributed by atoms with van der Waals surface area (Å²) in [5, 5.41) is 14.3. The van der Waals surface area contributed by atoms with Crippen LogP contribution in [0.1, 0.15) is 0 Å². The van der Waals surface area contributed by atoms with Crippen molar-refractivity contribution in [1.29, 1.82) is 0 Å². The second kappa shape index (κ2) is 5.03. The third-order valence-corrected chi connectivity index (χ3v) is 3.09. The predicted octanol–water partition coefficient (Wildman–Crippen LogP) is 2.62. The molecular weight excluding hydrogens is 301 g/mol. The Kier molecular flexibility index (Phi) is 3.21. The molecule has 0 radical (unpaired) electrons. The van der Waals surface area contributed by atoms with Crippen molar-refractivity contribution < 1.29 is 0 Å². The summed E-state index contributed by atoms with van der Waals surface area (Å²) in [5.41, 5.74) is 6.71. The van der Waals surface area contributed by atoms with E-state index in [1.165, 1.54) is 0 Å². The molecule has 2 heterocycles. The van der Waals surface area contributed by atoms with Gasteiger partial charge in [0.15, 0.2) is 0 Å². The summed E-state index contributed by atoms with van der Waals surface area (Å²) in [7, 11) is 0. The van der Waals surface area contributed by atoms with Gasteiger partial charge in [0.2, 0.25) is 11.9 Å². The lowest BCUT2D eigenvalue weighted by Gasteiger charge is -2.10. The van der Waals surface area contributed by atoms with E-state index in [1.54, 1.807) is 35.3 Å². The van der Waals surface area contributed by atoms with Crippen LogP contribution in [0.15, 0.2) is 30.6 Å². The Morgan fingerprint density at radius 1 is 1.25 bits per heavy atom. The minimum Gasteiger partial charge on any atom is -0.368 e. The lowest BCUT2D eigenvalue weighted by Crippen LogP contribution is -1.99. The number of nitrogens with zero attached hydrogens (tertiary/aromatic N) is 4. The monoisotopic (exact) mass is 309 g/mol. The lowest BCUT2D eigenvalue weighted by atomic mass is 10.2. The highest BCUT2D eigenvalue weighted by atomic mass is 35.5. The summed E-state index contributed by atoms with van der Waals surface area (Å²) in [4.78, 5) is 3.93. The number of nitrogen functional groups attached to an aromatic ring is 1. The van der Waals surface area contributed by atoms with Gasteiger partial charge < -0.3 is 11.1 Å². The average Bonchev–Trinajstić information content (AvgIpc) is 3.01. The molecule has 0 unspecified atom stereocenters. The second-order valence-electron chi connectivity index (χ2n) is 3.91. The summed E-state index contributed by atoms with van der Waals surface area (Å²) in [6.45, 7) is 0. The van der Waals surface area contributed by atoms with E-state index in [-0.39, 0.29) is 5.95 Å². The van der Waals surface area contributed by atoms with Gasteiger partial charge >= 0.3 is 0 Å². The molecule has 1 aromatic carbocycles. The second-order valence-corrected chi connectivity index (χ2v) is 4.72. The minimum absolute atomic E-state index is 0.220. The normalized spacial score (nSPS) is 10.7. The largest absolute Gasteiger partial charge is 0.368 e. The number of hydrogen-bond donors (Lipinski definition) is 3. The molecule has 0 aliphatic carbocycles. The summed E-state index contributed by atoms with van der Waals surface area (Å²) >= 11 is 12.5. The Morgan fingerprint density at radius 3 is 2.55 bits per heavy atom. The maximum atomic E-state index is 6.24. The van der Waals surface area contributed by atoms with Crippen molar-refractivity contribution in [3.63, 3.8) is 0 Å². The number of aromatic amines is 1. The zero-order valence-electron chi connectivity index (χ0n) is 10.0. The fourth-order valence-corrected chi connectivity index (χ4v) is 2.38. The lowest BCUT2D eigenvalue weighted by molar-refractivity contribution is 0.881. The van der Waals surface area contributed by atoms with E-state index in [4.69, 9.17) is 28.9 Å². The molecule has 0 amide bonds. The van der Waals surface area contributed by atoms with E-state index in [1.807, 2.05) is 0 Å². The van der Waals surface area contributed by atoms with Crippen molar-refractivity contribution in [2.45, 2.75) is 0 Å². The van der Waals surface area contributed by atoms with Crippen LogP contribution in [0.2, 0.25) is 10.0 Å². The fraction of sp³-hybridized carbons (Fsp3) is 0. The Balaban J connectivity index is 1.95. The number of H-pyrrole nitrogens is 1. The number of hydrogen-bond acceptors (Lipinski definition) is 5. The molecule has 0 atom stereocenters. The predicted molar refractivity (Wildman–Crippen MR) is 77.7 cm³/mol. The Morgan fingerprint density at radius 2 is 2.00 bits per heavy atom. The Hall–Kier alpha value is -2.25. The third-order valence-electron chi connectivity index (χ3n) is 2.51. The quantitative estimate of drug-likeness (QED) is 0.691. The van der Waals surface area contributed by atoms with E-state index in [9.17, 15) is 0 Å². The van der Waals surface area contributed by atoms with Gasteiger partial charge in [-0.3, -0.25) is 0 Å². The molecule has 3 aromatic rings. The number of nitrogens with one attached hydrogen (secondary N) is 2. The van der Waals surface area contributed by atoms with Gasteiger partial charge in [0.1, 0.15) is 5.69 Å². The van der Waals surface area contributed by atoms with Crippen molar-refractivity contribution in [3.05, 3.63) is 40.6 Å². The SMILES string of the molecule is Nc1nc(Nc2cc(Cl)c(-n3cccn3)c(Cl)c2)n[nH]1. The van der Waals surface area contributed by atoms with Crippen molar-refractivity contribution in [2.75, 3.05) is 11.1 Å². The number of aromatic nitrogens is 5. The zero-order valence-corrected chi connectivity index (χ0v) is 11.5. The van der Waals surface area contributed by atoms with E-state index >= 15 is 0 Å². The molecule has 0 spiro atoms. The number of benzene rings is 1. The highest BCUT2D eigenvalue weighted by molar-refractivity contribution is 6.38.